The van der Waals surface area contributed by atoms with Crippen molar-refractivity contribution in [3.63, 3.8) is 0 Å². The minimum atomic E-state index is 0.565. The van der Waals surface area contributed by atoms with Gasteiger partial charge in [-0.25, -0.2) is 9.97 Å². The summed E-state index contributed by atoms with van der Waals surface area (Å²) in [5.41, 5.74) is 10.4. The van der Waals surface area contributed by atoms with Crippen molar-refractivity contribution in [2.24, 2.45) is 0 Å². The van der Waals surface area contributed by atoms with E-state index in [0.29, 0.717) is 5.82 Å². The van der Waals surface area contributed by atoms with Gasteiger partial charge in [0.25, 0.3) is 0 Å². The summed E-state index contributed by atoms with van der Waals surface area (Å²) < 4.78 is 0. The maximum absolute atomic E-state index is 5.82. The Morgan fingerprint density at radius 1 is 1.06 bits per heavy atom. The lowest BCUT2D eigenvalue weighted by Crippen LogP contribution is -1.97. The largest absolute Gasteiger partial charge is 0.383 e. The fourth-order valence-corrected chi connectivity index (χ4v) is 1.70. The molecular formula is C12H16IN3. The lowest BCUT2D eigenvalue weighted by Gasteiger charge is -2.09. The molecule has 0 aliphatic carbocycles. The van der Waals surface area contributed by atoms with Crippen LogP contribution in [0.1, 0.15) is 16.7 Å². The Labute approximate surface area is 110 Å². The SMILES string of the molecule is CI.Cc1cc2ncnc(N)c2c(C)c1C. The van der Waals surface area contributed by atoms with Crippen LogP contribution < -0.4 is 5.73 Å². The highest BCUT2D eigenvalue weighted by Gasteiger charge is 2.07. The maximum atomic E-state index is 5.82. The molecule has 2 N–H and O–H groups in total. The number of fused-ring (bicyclic) bond motifs is 1. The predicted molar refractivity (Wildman–Crippen MR) is 78.1 cm³/mol. The number of benzene rings is 1. The molecule has 2 rings (SSSR count). The van der Waals surface area contributed by atoms with Crippen LogP contribution >= 0.6 is 22.6 Å². The number of hydrogen-bond donors (Lipinski definition) is 1. The Balaban J connectivity index is 0.000000606. The summed E-state index contributed by atoms with van der Waals surface area (Å²) in [5.74, 6) is 0.565. The smallest absolute Gasteiger partial charge is 0.134 e. The maximum Gasteiger partial charge on any atom is 0.134 e. The van der Waals surface area contributed by atoms with E-state index < -0.39 is 0 Å². The highest BCUT2D eigenvalue weighted by Crippen LogP contribution is 2.25. The minimum absolute atomic E-state index is 0.565. The summed E-state index contributed by atoms with van der Waals surface area (Å²) in [6.45, 7) is 6.24. The molecule has 3 nitrogen and oxygen atoms in total. The minimum Gasteiger partial charge on any atom is -0.383 e. The van der Waals surface area contributed by atoms with Crippen LogP contribution in [0.25, 0.3) is 10.9 Å². The van der Waals surface area contributed by atoms with Crippen molar-refractivity contribution >= 4 is 39.3 Å². The van der Waals surface area contributed by atoms with Gasteiger partial charge in [0.1, 0.15) is 12.1 Å². The van der Waals surface area contributed by atoms with Crippen LogP contribution in [0.4, 0.5) is 5.82 Å². The van der Waals surface area contributed by atoms with Gasteiger partial charge in [-0.2, -0.15) is 0 Å². The van der Waals surface area contributed by atoms with Crippen LogP contribution in [0.15, 0.2) is 12.4 Å². The molecule has 2 aromatic rings. The number of nitrogen functional groups attached to an aromatic ring is 1. The Hall–Kier alpha value is -0.910. The Kier molecular flexibility index (Phi) is 4.46. The molecule has 1 aromatic carbocycles. The summed E-state index contributed by atoms with van der Waals surface area (Å²) in [4.78, 5) is 10.2. The number of aromatic nitrogens is 2. The van der Waals surface area contributed by atoms with Gasteiger partial charge in [-0.05, 0) is 48.5 Å². The number of nitrogens with two attached hydrogens (primary N) is 1. The first-order valence-corrected chi connectivity index (χ1v) is 7.12. The fourth-order valence-electron chi connectivity index (χ4n) is 1.70. The van der Waals surface area contributed by atoms with Crippen LogP contribution in [0.3, 0.4) is 0 Å². The molecule has 4 heteroatoms. The molecule has 0 fully saturated rings. The summed E-state index contributed by atoms with van der Waals surface area (Å²) in [6.07, 6.45) is 1.51. The second-order valence-electron chi connectivity index (χ2n) is 3.60. The standard InChI is InChI=1S/C11H13N3.CH3I/c1-6-4-9-10(8(3)7(6)2)11(12)14-5-13-9;1-2/h4-5H,1-3H3,(H2,12,13,14);1H3. The zero-order valence-corrected chi connectivity index (χ0v) is 12.2. The molecule has 1 aromatic heterocycles. The number of aryl methyl sites for hydroxylation is 2. The van der Waals surface area contributed by atoms with Gasteiger partial charge in [0.15, 0.2) is 0 Å². The molecule has 0 unspecified atom stereocenters. The third kappa shape index (κ3) is 2.26. The van der Waals surface area contributed by atoms with Crippen molar-refractivity contribution in [2.75, 3.05) is 10.7 Å². The van der Waals surface area contributed by atoms with Crippen LogP contribution in [-0.4, -0.2) is 14.9 Å². The van der Waals surface area contributed by atoms with Crippen LogP contribution in [0.5, 0.6) is 0 Å². The van der Waals surface area contributed by atoms with Gasteiger partial charge in [-0.3, -0.25) is 0 Å². The van der Waals surface area contributed by atoms with Crippen molar-refractivity contribution in [1.82, 2.24) is 9.97 Å². The average Bonchev–Trinajstić information content (AvgIpc) is 2.28. The number of rotatable bonds is 0. The summed E-state index contributed by atoms with van der Waals surface area (Å²) >= 11 is 2.15. The number of hydrogen-bond acceptors (Lipinski definition) is 3. The first-order chi connectivity index (χ1) is 7.61. The molecule has 0 radical (unpaired) electrons. The van der Waals surface area contributed by atoms with Gasteiger partial charge in [0.2, 0.25) is 0 Å². The van der Waals surface area contributed by atoms with Gasteiger partial charge in [0, 0.05) is 5.39 Å². The topological polar surface area (TPSA) is 51.8 Å². The van der Waals surface area contributed by atoms with E-state index in [0.717, 1.165) is 10.9 Å². The van der Waals surface area contributed by atoms with Gasteiger partial charge < -0.3 is 5.73 Å². The van der Waals surface area contributed by atoms with Gasteiger partial charge in [-0.1, -0.05) is 22.6 Å². The number of alkyl halides is 1. The molecule has 86 valence electrons. The molecule has 16 heavy (non-hydrogen) atoms. The quantitative estimate of drug-likeness (QED) is 0.597. The van der Waals surface area contributed by atoms with Crippen molar-refractivity contribution in [3.8, 4) is 0 Å². The normalized spacial score (nSPS) is 9.81. The first-order valence-electron chi connectivity index (χ1n) is 4.96. The third-order valence-corrected chi connectivity index (χ3v) is 2.79. The molecule has 0 spiro atoms. The Bertz CT molecular complexity index is 509. The van der Waals surface area contributed by atoms with Gasteiger partial charge >= 0.3 is 0 Å². The van der Waals surface area contributed by atoms with Crippen molar-refractivity contribution in [2.45, 2.75) is 20.8 Å². The second-order valence-corrected chi connectivity index (χ2v) is 3.60. The van der Waals surface area contributed by atoms with E-state index in [9.17, 15) is 0 Å². The second kappa shape index (κ2) is 5.43. The monoisotopic (exact) mass is 329 g/mol. The molecule has 0 saturated carbocycles. The van der Waals surface area contributed by atoms with E-state index >= 15 is 0 Å². The van der Waals surface area contributed by atoms with Gasteiger partial charge in [-0.15, -0.1) is 0 Å². The van der Waals surface area contributed by atoms with Crippen molar-refractivity contribution < 1.29 is 0 Å². The zero-order chi connectivity index (χ0) is 12.3. The Morgan fingerprint density at radius 2 is 1.69 bits per heavy atom. The van der Waals surface area contributed by atoms with E-state index in [1.54, 1.807) is 0 Å². The molecular weight excluding hydrogens is 313 g/mol. The van der Waals surface area contributed by atoms with Crippen LogP contribution in [0.2, 0.25) is 0 Å². The van der Waals surface area contributed by atoms with Crippen LogP contribution in [0, 0.1) is 20.8 Å². The molecule has 1 heterocycles. The summed E-state index contributed by atoms with van der Waals surface area (Å²) in [7, 11) is 0. The highest BCUT2D eigenvalue weighted by atomic mass is 127. The van der Waals surface area contributed by atoms with E-state index in [4.69, 9.17) is 5.73 Å². The molecule has 0 aliphatic heterocycles. The van der Waals surface area contributed by atoms with E-state index in [-0.39, 0.29) is 0 Å². The average molecular weight is 329 g/mol. The third-order valence-electron chi connectivity index (χ3n) is 2.79. The zero-order valence-electron chi connectivity index (χ0n) is 10.0. The number of anilines is 1. The number of halogens is 1. The van der Waals surface area contributed by atoms with E-state index in [1.165, 1.54) is 23.0 Å². The fraction of sp³-hybridized carbons (Fsp3) is 0.333. The first kappa shape index (κ1) is 13.2. The van der Waals surface area contributed by atoms with E-state index in [1.807, 2.05) is 4.93 Å². The summed E-state index contributed by atoms with van der Waals surface area (Å²) in [6, 6.07) is 2.05. The molecule has 0 amide bonds. The highest BCUT2D eigenvalue weighted by molar-refractivity contribution is 14.1. The molecule has 0 aliphatic rings. The van der Waals surface area contributed by atoms with E-state index in [2.05, 4.69) is 59.4 Å². The Morgan fingerprint density at radius 3 is 2.31 bits per heavy atom. The predicted octanol–water partition coefficient (Wildman–Crippen LogP) is 3.19. The summed E-state index contributed by atoms with van der Waals surface area (Å²) in [5, 5.41) is 0.982. The molecule has 0 atom stereocenters. The lowest BCUT2D eigenvalue weighted by atomic mass is 10.00. The number of nitrogens with zero attached hydrogens (tertiary/aromatic N) is 2. The van der Waals surface area contributed by atoms with Gasteiger partial charge in [0.05, 0.1) is 5.52 Å². The molecule has 0 saturated heterocycles. The lowest BCUT2D eigenvalue weighted by molar-refractivity contribution is 1.20. The van der Waals surface area contributed by atoms with Crippen molar-refractivity contribution in [3.05, 3.63) is 29.1 Å². The van der Waals surface area contributed by atoms with Crippen LogP contribution in [-0.2, 0) is 0 Å². The molecule has 0 bridgehead atoms. The van der Waals surface area contributed by atoms with Crippen molar-refractivity contribution in [1.29, 1.82) is 0 Å².